The van der Waals surface area contributed by atoms with Crippen LogP contribution < -0.4 is 10.1 Å². The molecule has 98 valence electrons. The van der Waals surface area contributed by atoms with Crippen molar-refractivity contribution in [2.45, 2.75) is 19.5 Å². The van der Waals surface area contributed by atoms with Gasteiger partial charge < -0.3 is 10.1 Å². The topological polar surface area (TPSA) is 57.9 Å². The highest BCUT2D eigenvalue weighted by Crippen LogP contribution is 2.20. The van der Waals surface area contributed by atoms with Gasteiger partial charge >= 0.3 is 0 Å². The van der Waals surface area contributed by atoms with Crippen LogP contribution in [-0.2, 0) is 6.54 Å². The van der Waals surface area contributed by atoms with Crippen LogP contribution in [0, 0.1) is 11.3 Å². The molecule has 0 aliphatic heterocycles. The van der Waals surface area contributed by atoms with Gasteiger partial charge in [0.15, 0.2) is 0 Å². The smallest absolute Gasteiger partial charge is 0.136 e. The summed E-state index contributed by atoms with van der Waals surface area (Å²) >= 11 is 1.63. The lowest BCUT2D eigenvalue weighted by atomic mass is 10.1. The second kappa shape index (κ2) is 6.32. The summed E-state index contributed by atoms with van der Waals surface area (Å²) in [5.74, 6) is 0.610. The van der Waals surface area contributed by atoms with Crippen LogP contribution in [0.4, 0.5) is 0 Å². The molecule has 0 spiro atoms. The van der Waals surface area contributed by atoms with E-state index < -0.39 is 0 Å². The molecule has 1 N–H and O–H groups in total. The minimum atomic E-state index is 0.202. The van der Waals surface area contributed by atoms with E-state index in [4.69, 9.17) is 10.00 Å². The molecule has 0 fully saturated rings. The van der Waals surface area contributed by atoms with Crippen molar-refractivity contribution in [2.24, 2.45) is 0 Å². The van der Waals surface area contributed by atoms with E-state index in [9.17, 15) is 0 Å². The maximum atomic E-state index is 9.04. The van der Waals surface area contributed by atoms with E-state index in [1.165, 1.54) is 0 Å². The van der Waals surface area contributed by atoms with E-state index in [0.717, 1.165) is 10.6 Å². The molecule has 1 unspecified atom stereocenters. The van der Waals surface area contributed by atoms with E-state index in [-0.39, 0.29) is 6.04 Å². The summed E-state index contributed by atoms with van der Waals surface area (Å²) in [4.78, 5) is 4.27. The van der Waals surface area contributed by atoms with Crippen molar-refractivity contribution in [3.8, 4) is 11.8 Å². The fourth-order valence-corrected chi connectivity index (χ4v) is 2.43. The van der Waals surface area contributed by atoms with Crippen LogP contribution >= 0.6 is 11.3 Å². The van der Waals surface area contributed by atoms with Gasteiger partial charge in [-0.3, -0.25) is 0 Å². The lowest BCUT2D eigenvalue weighted by molar-refractivity contribution is 0.413. The fourth-order valence-electron chi connectivity index (χ4n) is 1.76. The molecule has 0 radical (unpaired) electrons. The molecule has 1 atom stereocenters. The first-order valence-electron chi connectivity index (χ1n) is 5.94. The quantitative estimate of drug-likeness (QED) is 0.910. The van der Waals surface area contributed by atoms with Crippen LogP contribution in [0.2, 0.25) is 0 Å². The third kappa shape index (κ3) is 3.31. The Labute approximate surface area is 116 Å². The number of thiazole rings is 1. The Hall–Kier alpha value is -1.90. The van der Waals surface area contributed by atoms with Crippen LogP contribution in [0.25, 0.3) is 0 Å². The first kappa shape index (κ1) is 13.5. The summed E-state index contributed by atoms with van der Waals surface area (Å²) < 4.78 is 5.12. The van der Waals surface area contributed by atoms with Gasteiger partial charge in [0.2, 0.25) is 0 Å². The van der Waals surface area contributed by atoms with Crippen molar-refractivity contribution in [2.75, 3.05) is 7.11 Å². The van der Waals surface area contributed by atoms with Gasteiger partial charge in [-0.05, 0) is 24.6 Å². The number of hydrogen-bond acceptors (Lipinski definition) is 5. The fraction of sp³-hybridized carbons (Fsp3) is 0.286. The molecule has 1 heterocycles. The van der Waals surface area contributed by atoms with Crippen LogP contribution in [0.5, 0.6) is 5.75 Å². The first-order chi connectivity index (χ1) is 9.24. The molecule has 0 amide bonds. The van der Waals surface area contributed by atoms with Crippen LogP contribution in [0.3, 0.4) is 0 Å². The van der Waals surface area contributed by atoms with Crippen molar-refractivity contribution in [3.63, 3.8) is 0 Å². The molecule has 0 aliphatic rings. The molecule has 1 aromatic carbocycles. The number of hydrogen-bond donors (Lipinski definition) is 1. The molecule has 2 rings (SSSR count). The third-order valence-electron chi connectivity index (χ3n) is 2.82. The highest BCUT2D eigenvalue weighted by molar-refractivity contribution is 7.09. The van der Waals surface area contributed by atoms with Crippen molar-refractivity contribution >= 4 is 11.3 Å². The monoisotopic (exact) mass is 273 g/mol. The number of nitrogens with zero attached hydrogens (tertiary/aromatic N) is 2. The second-order valence-electron chi connectivity index (χ2n) is 4.12. The molecule has 5 heteroatoms. The van der Waals surface area contributed by atoms with Crippen LogP contribution in [-0.4, -0.2) is 12.1 Å². The SMILES string of the molecule is COc1ccc(CNC(C)c2nccs2)cc1C#N. The Morgan fingerprint density at radius 1 is 1.53 bits per heavy atom. The summed E-state index contributed by atoms with van der Waals surface area (Å²) in [6.45, 7) is 2.77. The molecule has 0 saturated carbocycles. The summed E-state index contributed by atoms with van der Waals surface area (Å²) in [7, 11) is 1.57. The number of nitriles is 1. The Balaban J connectivity index is 2.02. The zero-order valence-corrected chi connectivity index (χ0v) is 11.7. The van der Waals surface area contributed by atoms with Gasteiger partial charge in [-0.2, -0.15) is 5.26 Å². The average molecular weight is 273 g/mol. The molecule has 0 bridgehead atoms. The predicted molar refractivity (Wildman–Crippen MR) is 75.1 cm³/mol. The molecule has 19 heavy (non-hydrogen) atoms. The Kier molecular flexibility index (Phi) is 4.50. The van der Waals surface area contributed by atoms with Crippen molar-refractivity contribution < 1.29 is 4.74 Å². The highest BCUT2D eigenvalue weighted by Gasteiger charge is 2.08. The number of ether oxygens (including phenoxy) is 1. The average Bonchev–Trinajstić information content (AvgIpc) is 2.98. The summed E-state index contributed by atoms with van der Waals surface area (Å²) in [5, 5.41) is 15.5. The summed E-state index contributed by atoms with van der Waals surface area (Å²) in [6.07, 6.45) is 1.80. The number of aromatic nitrogens is 1. The molecule has 0 saturated heterocycles. The lowest BCUT2D eigenvalue weighted by Crippen LogP contribution is -2.17. The van der Waals surface area contributed by atoms with Crippen molar-refractivity contribution in [1.29, 1.82) is 5.26 Å². The maximum Gasteiger partial charge on any atom is 0.136 e. The van der Waals surface area contributed by atoms with Gasteiger partial charge in [0.1, 0.15) is 16.8 Å². The minimum Gasteiger partial charge on any atom is -0.495 e. The zero-order valence-electron chi connectivity index (χ0n) is 10.9. The minimum absolute atomic E-state index is 0.202. The van der Waals surface area contributed by atoms with Crippen LogP contribution in [0.1, 0.15) is 29.1 Å². The van der Waals surface area contributed by atoms with E-state index in [1.807, 2.05) is 23.6 Å². The third-order valence-corrected chi connectivity index (χ3v) is 3.78. The molecule has 0 aliphatic carbocycles. The summed E-state index contributed by atoms with van der Waals surface area (Å²) in [6, 6.07) is 7.97. The van der Waals surface area contributed by atoms with Gasteiger partial charge in [0.25, 0.3) is 0 Å². The zero-order chi connectivity index (χ0) is 13.7. The van der Waals surface area contributed by atoms with Crippen molar-refractivity contribution in [3.05, 3.63) is 45.9 Å². The van der Waals surface area contributed by atoms with Crippen LogP contribution in [0.15, 0.2) is 29.8 Å². The van der Waals surface area contributed by atoms with E-state index in [0.29, 0.717) is 17.9 Å². The molecular formula is C14H15N3OS. The highest BCUT2D eigenvalue weighted by atomic mass is 32.1. The normalized spacial score (nSPS) is 11.8. The number of rotatable bonds is 5. The van der Waals surface area contributed by atoms with Gasteiger partial charge in [0, 0.05) is 18.1 Å². The predicted octanol–water partition coefficient (Wildman–Crippen LogP) is 2.87. The van der Waals surface area contributed by atoms with Gasteiger partial charge in [-0.1, -0.05) is 6.07 Å². The molecule has 4 nitrogen and oxygen atoms in total. The van der Waals surface area contributed by atoms with E-state index in [2.05, 4.69) is 23.3 Å². The molecule has 1 aromatic heterocycles. The lowest BCUT2D eigenvalue weighted by Gasteiger charge is -2.12. The molecular weight excluding hydrogens is 258 g/mol. The first-order valence-corrected chi connectivity index (χ1v) is 6.82. The Morgan fingerprint density at radius 2 is 2.37 bits per heavy atom. The van der Waals surface area contributed by atoms with E-state index in [1.54, 1.807) is 24.6 Å². The van der Waals surface area contributed by atoms with Gasteiger partial charge in [0.05, 0.1) is 18.7 Å². The summed E-state index contributed by atoms with van der Waals surface area (Å²) in [5.41, 5.74) is 1.62. The standard InChI is InChI=1S/C14H15N3OS/c1-10(14-16-5-6-19-14)17-9-11-3-4-13(18-2)12(7-11)8-15/h3-7,10,17H,9H2,1-2H3. The van der Waals surface area contributed by atoms with Gasteiger partial charge in [-0.15, -0.1) is 11.3 Å². The number of benzene rings is 1. The molecule has 2 aromatic rings. The Morgan fingerprint density at radius 3 is 3.00 bits per heavy atom. The maximum absolute atomic E-state index is 9.04. The van der Waals surface area contributed by atoms with E-state index >= 15 is 0 Å². The van der Waals surface area contributed by atoms with Crippen molar-refractivity contribution in [1.82, 2.24) is 10.3 Å². The second-order valence-corrected chi connectivity index (χ2v) is 5.05. The Bertz CT molecular complexity index is 575. The largest absolute Gasteiger partial charge is 0.495 e. The number of nitrogens with one attached hydrogen (secondary N) is 1. The number of methoxy groups -OCH3 is 1. The van der Waals surface area contributed by atoms with Gasteiger partial charge in [-0.25, -0.2) is 4.98 Å².